The summed E-state index contributed by atoms with van der Waals surface area (Å²) in [5, 5.41) is 0. The van der Waals surface area contributed by atoms with Gasteiger partial charge in [0.1, 0.15) is 5.78 Å². The minimum Gasteiger partial charge on any atom is -0.300 e. The van der Waals surface area contributed by atoms with Crippen molar-refractivity contribution < 1.29 is 4.79 Å². The van der Waals surface area contributed by atoms with Crippen molar-refractivity contribution in [2.24, 2.45) is 17.8 Å². The molecule has 0 spiro atoms. The van der Waals surface area contributed by atoms with Gasteiger partial charge in [0.25, 0.3) is 0 Å². The van der Waals surface area contributed by atoms with Crippen LogP contribution in [0.2, 0.25) is 0 Å². The van der Waals surface area contributed by atoms with Gasteiger partial charge in [-0.05, 0) is 31.6 Å². The fourth-order valence-corrected chi connectivity index (χ4v) is 3.84. The first-order valence-corrected chi connectivity index (χ1v) is 11.2. The summed E-state index contributed by atoms with van der Waals surface area (Å²) in [7, 11) is 0. The van der Waals surface area contributed by atoms with Gasteiger partial charge in [-0.3, -0.25) is 4.79 Å². The number of hydrogen-bond donors (Lipinski definition) is 0. The first-order valence-electron chi connectivity index (χ1n) is 11.2. The zero-order valence-corrected chi connectivity index (χ0v) is 18.1. The minimum atomic E-state index is 0.334. The predicted molar refractivity (Wildman–Crippen MR) is 111 cm³/mol. The monoisotopic (exact) mass is 340 g/mol. The summed E-state index contributed by atoms with van der Waals surface area (Å²) >= 11 is 0. The normalized spacial score (nSPS) is 21.0. The van der Waals surface area contributed by atoms with Gasteiger partial charge in [-0.15, -0.1) is 0 Å². The molecule has 1 aliphatic carbocycles. The van der Waals surface area contributed by atoms with Crippen LogP contribution < -0.4 is 0 Å². The van der Waals surface area contributed by atoms with Crippen LogP contribution in [0.25, 0.3) is 0 Å². The summed E-state index contributed by atoms with van der Waals surface area (Å²) in [4.78, 5) is 11.4. The van der Waals surface area contributed by atoms with E-state index in [1.165, 1.54) is 64.2 Å². The number of hydrogen-bond acceptors (Lipinski definition) is 1. The molecule has 0 aromatic rings. The number of Topliss-reactive ketones (excluding diaryl/α,β-unsaturated/α-hetero) is 1. The van der Waals surface area contributed by atoms with E-state index in [1.807, 2.05) is 27.7 Å². The van der Waals surface area contributed by atoms with E-state index in [0.29, 0.717) is 11.7 Å². The van der Waals surface area contributed by atoms with E-state index < -0.39 is 0 Å². The first kappa shape index (κ1) is 25.9. The Morgan fingerprint density at radius 2 is 1.29 bits per heavy atom. The second-order valence-electron chi connectivity index (χ2n) is 7.03. The molecule has 0 aliphatic heterocycles. The van der Waals surface area contributed by atoms with Gasteiger partial charge in [0.15, 0.2) is 0 Å². The van der Waals surface area contributed by atoms with Crippen molar-refractivity contribution in [1.82, 2.24) is 0 Å². The first-order chi connectivity index (χ1) is 11.7. The molecule has 1 heteroatoms. The maximum atomic E-state index is 11.4. The Kier molecular flexibility index (Phi) is 20.5. The summed E-state index contributed by atoms with van der Waals surface area (Å²) in [6.45, 7) is 14.2. The molecule has 24 heavy (non-hydrogen) atoms. The Morgan fingerprint density at radius 3 is 1.67 bits per heavy atom. The molecule has 1 rings (SSSR count). The average Bonchev–Trinajstić information content (AvgIpc) is 2.63. The molecule has 0 bridgehead atoms. The molecule has 1 nitrogen and oxygen atoms in total. The van der Waals surface area contributed by atoms with Crippen molar-refractivity contribution in [3.63, 3.8) is 0 Å². The number of carbonyl (C=O) groups is 1. The number of carbonyl (C=O) groups excluding carboxylic acids is 1. The zero-order valence-electron chi connectivity index (χ0n) is 18.1. The van der Waals surface area contributed by atoms with Gasteiger partial charge >= 0.3 is 0 Å². The molecule has 1 fully saturated rings. The molecule has 1 atom stereocenters. The molecule has 0 saturated heterocycles. The van der Waals surface area contributed by atoms with Crippen LogP contribution >= 0.6 is 0 Å². The zero-order chi connectivity index (χ0) is 18.8. The van der Waals surface area contributed by atoms with Gasteiger partial charge in [-0.1, -0.05) is 106 Å². The molecule has 0 heterocycles. The van der Waals surface area contributed by atoms with Crippen molar-refractivity contribution in [2.75, 3.05) is 0 Å². The molecule has 0 aromatic heterocycles. The lowest BCUT2D eigenvalue weighted by Crippen LogP contribution is -2.15. The van der Waals surface area contributed by atoms with E-state index >= 15 is 0 Å². The summed E-state index contributed by atoms with van der Waals surface area (Å²) in [5.41, 5.74) is 0. The van der Waals surface area contributed by atoms with Crippen LogP contribution in [0.4, 0.5) is 0 Å². The van der Waals surface area contributed by atoms with Gasteiger partial charge in [-0.25, -0.2) is 0 Å². The highest BCUT2D eigenvalue weighted by molar-refractivity contribution is 5.78. The second-order valence-corrected chi connectivity index (χ2v) is 7.03. The van der Waals surface area contributed by atoms with Crippen molar-refractivity contribution >= 4 is 5.78 Å². The van der Waals surface area contributed by atoms with Crippen LogP contribution in [0.15, 0.2) is 0 Å². The van der Waals surface area contributed by atoms with E-state index in [2.05, 4.69) is 13.8 Å². The number of rotatable bonds is 10. The van der Waals surface area contributed by atoms with Crippen molar-refractivity contribution in [3.8, 4) is 0 Å². The van der Waals surface area contributed by atoms with Crippen LogP contribution in [0.5, 0.6) is 0 Å². The summed E-state index contributed by atoms with van der Waals surface area (Å²) < 4.78 is 0. The van der Waals surface area contributed by atoms with E-state index in [-0.39, 0.29) is 0 Å². The van der Waals surface area contributed by atoms with Gasteiger partial charge in [-0.2, -0.15) is 0 Å². The maximum Gasteiger partial charge on any atom is 0.132 e. The molecule has 0 N–H and O–H groups in total. The van der Waals surface area contributed by atoms with Crippen LogP contribution in [-0.4, -0.2) is 5.78 Å². The minimum absolute atomic E-state index is 0.334. The van der Waals surface area contributed by atoms with E-state index in [4.69, 9.17) is 0 Å². The lowest BCUT2D eigenvalue weighted by atomic mass is 9.77. The summed E-state index contributed by atoms with van der Waals surface area (Å²) in [6, 6.07) is 0. The van der Waals surface area contributed by atoms with Gasteiger partial charge < -0.3 is 0 Å². The third-order valence-corrected chi connectivity index (χ3v) is 5.41. The Morgan fingerprint density at radius 1 is 0.833 bits per heavy atom. The third kappa shape index (κ3) is 13.0. The molecular weight excluding hydrogens is 292 g/mol. The topological polar surface area (TPSA) is 17.1 Å². The molecule has 1 aliphatic rings. The molecule has 1 unspecified atom stereocenters. The molecular formula is C23H48O. The Hall–Kier alpha value is -0.330. The van der Waals surface area contributed by atoms with Gasteiger partial charge in [0.05, 0.1) is 0 Å². The second kappa shape index (κ2) is 19.0. The van der Waals surface area contributed by atoms with Crippen LogP contribution in [0.3, 0.4) is 0 Å². The molecule has 0 aromatic carbocycles. The standard InChI is InChI=1S/C19H36O.2C2H6/c1-4-6-7-9-17-12-14-18(15-13-17)10-8-11-19(5-2)16(3)20;2*1-2/h17-19H,4-15H2,1-3H3;2*1-2H3. The number of ketones is 1. The molecule has 0 amide bonds. The highest BCUT2D eigenvalue weighted by Crippen LogP contribution is 2.34. The number of unbranched alkanes of at least 4 members (excludes halogenated alkanes) is 2. The molecule has 146 valence electrons. The summed E-state index contributed by atoms with van der Waals surface area (Å²) in [6.07, 6.45) is 16.3. The Labute approximate surface area is 154 Å². The fourth-order valence-electron chi connectivity index (χ4n) is 3.84. The van der Waals surface area contributed by atoms with E-state index in [0.717, 1.165) is 24.7 Å². The van der Waals surface area contributed by atoms with E-state index in [1.54, 1.807) is 6.92 Å². The predicted octanol–water partition coefficient (Wildman–Crippen LogP) is 8.21. The SMILES string of the molecule is CC.CC.CCCCCC1CCC(CCCC(CC)C(C)=O)CC1. The maximum absolute atomic E-state index is 11.4. The van der Waals surface area contributed by atoms with Gasteiger partial charge in [0.2, 0.25) is 0 Å². The molecule has 1 saturated carbocycles. The molecule has 0 radical (unpaired) electrons. The highest BCUT2D eigenvalue weighted by atomic mass is 16.1. The lowest BCUT2D eigenvalue weighted by molar-refractivity contribution is -0.121. The van der Waals surface area contributed by atoms with Crippen LogP contribution in [-0.2, 0) is 4.79 Å². The van der Waals surface area contributed by atoms with Crippen molar-refractivity contribution in [3.05, 3.63) is 0 Å². The fraction of sp³-hybridized carbons (Fsp3) is 0.957. The third-order valence-electron chi connectivity index (χ3n) is 5.41. The van der Waals surface area contributed by atoms with Crippen LogP contribution in [0, 0.1) is 17.8 Å². The Balaban J connectivity index is 0. The highest BCUT2D eigenvalue weighted by Gasteiger charge is 2.21. The van der Waals surface area contributed by atoms with Crippen LogP contribution in [0.1, 0.15) is 126 Å². The van der Waals surface area contributed by atoms with E-state index in [9.17, 15) is 4.79 Å². The smallest absolute Gasteiger partial charge is 0.132 e. The Bertz CT molecular complexity index is 251. The van der Waals surface area contributed by atoms with Crippen molar-refractivity contribution in [1.29, 1.82) is 0 Å². The van der Waals surface area contributed by atoms with Crippen molar-refractivity contribution in [2.45, 2.75) is 126 Å². The van der Waals surface area contributed by atoms with Gasteiger partial charge in [0, 0.05) is 5.92 Å². The quantitative estimate of drug-likeness (QED) is 0.366. The largest absolute Gasteiger partial charge is 0.300 e. The summed E-state index contributed by atoms with van der Waals surface area (Å²) in [5.74, 6) is 2.72. The average molecular weight is 341 g/mol. The lowest BCUT2D eigenvalue weighted by Gasteiger charge is -2.28.